The summed E-state index contributed by atoms with van der Waals surface area (Å²) >= 11 is 0. The molecule has 0 unspecified atom stereocenters. The molecule has 7 nitrogen and oxygen atoms in total. The van der Waals surface area contributed by atoms with Gasteiger partial charge in [-0.3, -0.25) is 9.69 Å². The number of ether oxygens (including phenoxy) is 1. The number of piperazine rings is 1. The van der Waals surface area contributed by atoms with Crippen LogP contribution in [0.4, 0.5) is 0 Å². The zero-order chi connectivity index (χ0) is 22.0. The summed E-state index contributed by atoms with van der Waals surface area (Å²) in [6.45, 7) is 3.66. The number of aromatic nitrogens is 2. The van der Waals surface area contributed by atoms with E-state index >= 15 is 0 Å². The Labute approximate surface area is 188 Å². The van der Waals surface area contributed by atoms with E-state index < -0.39 is 0 Å². The van der Waals surface area contributed by atoms with E-state index in [1.165, 1.54) is 0 Å². The second kappa shape index (κ2) is 8.74. The Morgan fingerprint density at radius 1 is 1.03 bits per heavy atom. The largest absolute Gasteiger partial charge is 0.497 e. The van der Waals surface area contributed by atoms with Crippen LogP contribution in [-0.4, -0.2) is 59.1 Å². The number of nitrogens with zero attached hydrogens (tertiary/aromatic N) is 4. The fourth-order valence-electron chi connectivity index (χ4n) is 4.69. The maximum Gasteiger partial charge on any atom is 0.241 e. The molecular weight excluding hydrogens is 404 g/mol. The highest BCUT2D eigenvalue weighted by molar-refractivity contribution is 5.89. The van der Waals surface area contributed by atoms with Crippen molar-refractivity contribution in [2.24, 2.45) is 0 Å². The SMILES string of the molecule is COc1ccc(-c2noc(CN3CCN(C(=O)C4(c5ccccc5)CCC4)CC3)n2)cc1. The van der Waals surface area contributed by atoms with E-state index in [0.717, 1.165) is 62.3 Å². The molecule has 1 saturated carbocycles. The minimum atomic E-state index is -0.316. The van der Waals surface area contributed by atoms with Gasteiger partial charge in [-0.25, -0.2) is 0 Å². The highest BCUT2D eigenvalue weighted by atomic mass is 16.5. The van der Waals surface area contributed by atoms with Gasteiger partial charge in [0.1, 0.15) is 5.75 Å². The Hall–Kier alpha value is -3.19. The van der Waals surface area contributed by atoms with Crippen molar-refractivity contribution in [3.63, 3.8) is 0 Å². The van der Waals surface area contributed by atoms with Gasteiger partial charge in [-0.05, 0) is 42.7 Å². The molecule has 2 fully saturated rings. The molecule has 0 atom stereocenters. The van der Waals surface area contributed by atoms with E-state index in [1.807, 2.05) is 47.4 Å². The second-order valence-electron chi connectivity index (χ2n) is 8.61. The highest BCUT2D eigenvalue weighted by Gasteiger charge is 2.47. The summed E-state index contributed by atoms with van der Waals surface area (Å²) in [4.78, 5) is 22.3. The Morgan fingerprint density at radius 3 is 2.38 bits per heavy atom. The average molecular weight is 433 g/mol. The van der Waals surface area contributed by atoms with E-state index in [1.54, 1.807) is 7.11 Å². The zero-order valence-corrected chi connectivity index (χ0v) is 18.4. The van der Waals surface area contributed by atoms with Crippen LogP contribution in [0.25, 0.3) is 11.4 Å². The summed E-state index contributed by atoms with van der Waals surface area (Å²) in [5, 5.41) is 4.12. The van der Waals surface area contributed by atoms with Crippen molar-refractivity contribution in [1.29, 1.82) is 0 Å². The number of hydrogen-bond acceptors (Lipinski definition) is 6. The van der Waals surface area contributed by atoms with Crippen molar-refractivity contribution in [2.75, 3.05) is 33.3 Å². The van der Waals surface area contributed by atoms with Crippen LogP contribution in [0.1, 0.15) is 30.7 Å². The van der Waals surface area contributed by atoms with E-state index in [-0.39, 0.29) is 11.3 Å². The van der Waals surface area contributed by atoms with Crippen molar-refractivity contribution < 1.29 is 14.1 Å². The molecule has 2 aromatic carbocycles. The van der Waals surface area contributed by atoms with Crippen molar-refractivity contribution >= 4 is 5.91 Å². The van der Waals surface area contributed by atoms with Gasteiger partial charge in [-0.1, -0.05) is 41.9 Å². The minimum absolute atomic E-state index is 0.286. The summed E-state index contributed by atoms with van der Waals surface area (Å²) in [6.07, 6.45) is 3.02. The highest BCUT2D eigenvalue weighted by Crippen LogP contribution is 2.45. The van der Waals surface area contributed by atoms with Crippen molar-refractivity contribution in [2.45, 2.75) is 31.2 Å². The first-order valence-electron chi connectivity index (χ1n) is 11.2. The molecule has 5 rings (SSSR count). The van der Waals surface area contributed by atoms with Gasteiger partial charge in [0.05, 0.1) is 19.1 Å². The van der Waals surface area contributed by atoms with Crippen LogP contribution in [0, 0.1) is 0 Å². The van der Waals surface area contributed by atoms with E-state index in [4.69, 9.17) is 9.26 Å². The van der Waals surface area contributed by atoms with Crippen molar-refractivity contribution in [3.05, 3.63) is 66.1 Å². The lowest BCUT2D eigenvalue weighted by Gasteiger charge is -2.46. The lowest BCUT2D eigenvalue weighted by Crippen LogP contribution is -2.56. The summed E-state index contributed by atoms with van der Waals surface area (Å²) in [5.74, 6) is 2.25. The number of carbonyl (C=O) groups excluding carboxylic acids is 1. The Kier molecular flexibility index (Phi) is 5.66. The van der Waals surface area contributed by atoms with Gasteiger partial charge in [-0.2, -0.15) is 4.98 Å². The predicted molar refractivity (Wildman–Crippen MR) is 120 cm³/mol. The third-order valence-corrected chi connectivity index (χ3v) is 6.78. The van der Waals surface area contributed by atoms with Crippen LogP contribution in [0.3, 0.4) is 0 Å². The molecule has 7 heteroatoms. The first kappa shape index (κ1) is 20.7. The van der Waals surface area contributed by atoms with Gasteiger partial charge in [0.25, 0.3) is 0 Å². The summed E-state index contributed by atoms with van der Waals surface area (Å²) in [5.41, 5.74) is 1.74. The fourth-order valence-corrected chi connectivity index (χ4v) is 4.69. The van der Waals surface area contributed by atoms with E-state index in [0.29, 0.717) is 18.3 Å². The third kappa shape index (κ3) is 3.88. The van der Waals surface area contributed by atoms with E-state index in [9.17, 15) is 4.79 Å². The number of methoxy groups -OCH3 is 1. The monoisotopic (exact) mass is 432 g/mol. The molecule has 0 N–H and O–H groups in total. The minimum Gasteiger partial charge on any atom is -0.497 e. The molecule has 2 aliphatic rings. The zero-order valence-electron chi connectivity index (χ0n) is 18.4. The van der Waals surface area contributed by atoms with Gasteiger partial charge in [-0.15, -0.1) is 0 Å². The van der Waals surface area contributed by atoms with Crippen LogP contribution in [0.5, 0.6) is 5.75 Å². The van der Waals surface area contributed by atoms with Gasteiger partial charge in [0.15, 0.2) is 0 Å². The molecule has 0 spiro atoms. The Morgan fingerprint density at radius 2 is 1.75 bits per heavy atom. The third-order valence-electron chi connectivity index (χ3n) is 6.78. The van der Waals surface area contributed by atoms with Crippen LogP contribution in [-0.2, 0) is 16.8 Å². The maximum absolute atomic E-state index is 13.4. The van der Waals surface area contributed by atoms with Gasteiger partial charge < -0.3 is 14.2 Å². The van der Waals surface area contributed by atoms with Crippen LogP contribution in [0.15, 0.2) is 59.1 Å². The molecule has 1 aromatic heterocycles. The molecular formula is C25H28N4O3. The van der Waals surface area contributed by atoms with Crippen molar-refractivity contribution in [1.82, 2.24) is 19.9 Å². The van der Waals surface area contributed by atoms with Crippen LogP contribution < -0.4 is 4.74 Å². The molecule has 1 aliphatic heterocycles. The molecule has 1 amide bonds. The molecule has 0 radical (unpaired) electrons. The van der Waals surface area contributed by atoms with E-state index in [2.05, 4.69) is 27.2 Å². The Bertz CT molecular complexity index is 1050. The average Bonchev–Trinajstić information content (AvgIpc) is 3.28. The molecule has 2 heterocycles. The topological polar surface area (TPSA) is 71.7 Å². The van der Waals surface area contributed by atoms with Gasteiger partial charge in [0.2, 0.25) is 17.6 Å². The summed E-state index contributed by atoms with van der Waals surface area (Å²) in [7, 11) is 1.64. The second-order valence-corrected chi connectivity index (χ2v) is 8.61. The first-order chi connectivity index (χ1) is 15.7. The molecule has 3 aromatic rings. The first-order valence-corrected chi connectivity index (χ1v) is 11.2. The quantitative estimate of drug-likeness (QED) is 0.594. The van der Waals surface area contributed by atoms with Gasteiger partial charge >= 0.3 is 0 Å². The lowest BCUT2D eigenvalue weighted by atomic mass is 9.63. The van der Waals surface area contributed by atoms with Crippen LogP contribution >= 0.6 is 0 Å². The fraction of sp³-hybridized carbons (Fsp3) is 0.400. The number of hydrogen-bond donors (Lipinski definition) is 0. The number of rotatable bonds is 6. The smallest absolute Gasteiger partial charge is 0.241 e. The lowest BCUT2D eigenvalue weighted by molar-refractivity contribution is -0.142. The predicted octanol–water partition coefficient (Wildman–Crippen LogP) is 3.51. The normalized spacial score (nSPS) is 18.2. The molecule has 1 aliphatic carbocycles. The standard InChI is InChI=1S/C25H28N4O3/c1-31-21-10-8-19(9-11-21)23-26-22(32-27-23)18-28-14-16-29(17-15-28)24(30)25(12-5-13-25)20-6-3-2-4-7-20/h2-4,6-11H,5,12-18H2,1H3. The number of carbonyl (C=O) groups is 1. The summed E-state index contributed by atoms with van der Waals surface area (Å²) in [6, 6.07) is 17.9. The Balaban J connectivity index is 1.18. The molecule has 0 bridgehead atoms. The number of amides is 1. The molecule has 166 valence electrons. The van der Waals surface area contributed by atoms with Gasteiger partial charge in [0, 0.05) is 31.7 Å². The molecule has 32 heavy (non-hydrogen) atoms. The van der Waals surface area contributed by atoms with Crippen LogP contribution in [0.2, 0.25) is 0 Å². The molecule has 1 saturated heterocycles. The summed E-state index contributed by atoms with van der Waals surface area (Å²) < 4.78 is 10.7. The maximum atomic E-state index is 13.4. The number of benzene rings is 2. The van der Waals surface area contributed by atoms with Crippen molar-refractivity contribution in [3.8, 4) is 17.1 Å².